The quantitative estimate of drug-likeness (QED) is 0.792. The first-order valence-corrected chi connectivity index (χ1v) is 7.69. The van der Waals surface area contributed by atoms with E-state index >= 15 is 0 Å². The van der Waals surface area contributed by atoms with Crippen molar-refractivity contribution in [1.29, 1.82) is 0 Å². The van der Waals surface area contributed by atoms with E-state index in [0.29, 0.717) is 15.7 Å². The Bertz CT molecular complexity index is 731. The zero-order valence-corrected chi connectivity index (χ0v) is 14.2. The van der Waals surface area contributed by atoms with E-state index in [-0.39, 0.29) is 11.5 Å². The average Bonchev–Trinajstić information content (AvgIpc) is 2.50. The second kappa shape index (κ2) is 7.37. The summed E-state index contributed by atoms with van der Waals surface area (Å²) in [6, 6.07) is 10.8. The number of halogens is 2. The van der Waals surface area contributed by atoms with Crippen molar-refractivity contribution in [3.63, 3.8) is 0 Å². The summed E-state index contributed by atoms with van der Waals surface area (Å²) in [6.07, 6.45) is -0.877. The Balaban J connectivity index is 2.00. The number of nitrogens with one attached hydrogen (secondary N) is 1. The van der Waals surface area contributed by atoms with E-state index in [1.165, 1.54) is 26.0 Å². The van der Waals surface area contributed by atoms with E-state index in [1.807, 2.05) is 0 Å². The Labute approximate surface area is 141 Å². The second-order valence-corrected chi connectivity index (χ2v) is 5.87. The first-order valence-electron chi connectivity index (χ1n) is 6.90. The van der Waals surface area contributed by atoms with Crippen molar-refractivity contribution in [1.82, 2.24) is 0 Å². The van der Waals surface area contributed by atoms with Gasteiger partial charge in [0.25, 0.3) is 5.91 Å². The minimum Gasteiger partial charge on any atom is -0.478 e. The van der Waals surface area contributed by atoms with E-state index in [2.05, 4.69) is 21.2 Å². The highest BCUT2D eigenvalue weighted by Gasteiger charge is 2.17. The largest absolute Gasteiger partial charge is 0.478 e. The minimum absolute atomic E-state index is 0.00257. The van der Waals surface area contributed by atoms with Crippen molar-refractivity contribution in [2.75, 3.05) is 5.32 Å². The number of benzene rings is 2. The predicted molar refractivity (Wildman–Crippen MR) is 89.3 cm³/mol. The molecule has 0 bridgehead atoms. The Hall–Kier alpha value is -2.21. The van der Waals surface area contributed by atoms with E-state index < -0.39 is 17.8 Å². The summed E-state index contributed by atoms with van der Waals surface area (Å²) >= 11 is 3.15. The Morgan fingerprint density at radius 2 is 1.83 bits per heavy atom. The number of rotatable bonds is 5. The molecule has 0 aromatic heterocycles. The van der Waals surface area contributed by atoms with Gasteiger partial charge in [-0.15, -0.1) is 0 Å². The van der Waals surface area contributed by atoms with Gasteiger partial charge in [-0.3, -0.25) is 9.59 Å². The number of hydrogen-bond acceptors (Lipinski definition) is 3. The summed E-state index contributed by atoms with van der Waals surface area (Å²) in [4.78, 5) is 23.3. The summed E-state index contributed by atoms with van der Waals surface area (Å²) < 4.78 is 19.6. The lowest BCUT2D eigenvalue weighted by Crippen LogP contribution is -2.30. The number of ether oxygens (including phenoxy) is 1. The van der Waals surface area contributed by atoms with Crippen LogP contribution in [0.5, 0.6) is 5.75 Å². The van der Waals surface area contributed by atoms with Crippen LogP contribution in [0.25, 0.3) is 0 Å². The summed E-state index contributed by atoms with van der Waals surface area (Å²) in [6.45, 7) is 3.00. The number of Topliss-reactive ketones (excluding diaryl/α,β-unsaturated/α-hetero) is 1. The molecular formula is C17H15BrFNO3. The molecule has 1 amide bonds. The molecule has 1 unspecified atom stereocenters. The Morgan fingerprint density at radius 1 is 1.17 bits per heavy atom. The van der Waals surface area contributed by atoms with Crippen LogP contribution in [0.2, 0.25) is 0 Å². The van der Waals surface area contributed by atoms with Gasteiger partial charge in [-0.05, 0) is 56.3 Å². The van der Waals surface area contributed by atoms with E-state index in [9.17, 15) is 14.0 Å². The maximum absolute atomic E-state index is 13.7. The zero-order chi connectivity index (χ0) is 17.0. The monoisotopic (exact) mass is 379 g/mol. The molecule has 2 aromatic rings. The molecule has 6 heteroatoms. The van der Waals surface area contributed by atoms with E-state index in [1.54, 1.807) is 30.3 Å². The van der Waals surface area contributed by atoms with E-state index in [0.717, 1.165) is 0 Å². The fourth-order valence-corrected chi connectivity index (χ4v) is 2.18. The van der Waals surface area contributed by atoms with Crippen LogP contribution in [0.1, 0.15) is 24.2 Å². The van der Waals surface area contributed by atoms with Gasteiger partial charge in [-0.25, -0.2) is 4.39 Å². The molecule has 2 rings (SSSR count). The van der Waals surface area contributed by atoms with Crippen LogP contribution in [-0.4, -0.2) is 17.8 Å². The molecule has 0 aliphatic rings. The molecule has 4 nitrogen and oxygen atoms in total. The first kappa shape index (κ1) is 17.1. The minimum atomic E-state index is -0.877. The molecule has 0 aliphatic heterocycles. The van der Waals surface area contributed by atoms with Gasteiger partial charge in [0.2, 0.25) is 0 Å². The first-order chi connectivity index (χ1) is 10.9. The highest BCUT2D eigenvalue weighted by molar-refractivity contribution is 9.10. The molecule has 0 radical (unpaired) electrons. The van der Waals surface area contributed by atoms with Crippen LogP contribution >= 0.6 is 15.9 Å². The van der Waals surface area contributed by atoms with Gasteiger partial charge < -0.3 is 10.1 Å². The number of anilines is 1. The van der Waals surface area contributed by atoms with Crippen LogP contribution in [0, 0.1) is 5.82 Å². The normalized spacial score (nSPS) is 11.7. The molecule has 1 atom stereocenters. The fraction of sp³-hybridized carbons (Fsp3) is 0.176. The lowest BCUT2D eigenvalue weighted by Gasteiger charge is -2.15. The third kappa shape index (κ3) is 4.63. The third-order valence-corrected chi connectivity index (χ3v) is 3.62. The standard InChI is InChI=1S/C17H15BrFNO3/c1-10(21)12-3-6-14(7-4-12)20-17(22)11(2)23-16-8-5-13(18)9-15(16)19/h3-9,11H,1-2H3,(H,20,22). The Kier molecular flexibility index (Phi) is 5.50. The third-order valence-electron chi connectivity index (χ3n) is 3.13. The summed E-state index contributed by atoms with van der Waals surface area (Å²) in [5.74, 6) is -1.01. The lowest BCUT2D eigenvalue weighted by molar-refractivity contribution is -0.122. The number of hydrogen-bond donors (Lipinski definition) is 1. The topological polar surface area (TPSA) is 55.4 Å². The van der Waals surface area contributed by atoms with Crippen LogP contribution in [0.4, 0.5) is 10.1 Å². The maximum Gasteiger partial charge on any atom is 0.265 e. The molecule has 0 saturated heterocycles. The van der Waals surface area contributed by atoms with Gasteiger partial charge in [0.05, 0.1) is 0 Å². The number of amides is 1. The van der Waals surface area contributed by atoms with Crippen LogP contribution < -0.4 is 10.1 Å². The van der Waals surface area contributed by atoms with Gasteiger partial charge in [0.15, 0.2) is 23.5 Å². The van der Waals surface area contributed by atoms with Gasteiger partial charge in [0.1, 0.15) is 0 Å². The summed E-state index contributed by atoms with van der Waals surface area (Å²) in [5.41, 5.74) is 1.09. The smallest absolute Gasteiger partial charge is 0.265 e. The number of ketones is 1. The molecule has 0 spiro atoms. The van der Waals surface area contributed by atoms with Crippen molar-refractivity contribution in [3.8, 4) is 5.75 Å². The SMILES string of the molecule is CC(=O)c1ccc(NC(=O)C(C)Oc2ccc(Br)cc2F)cc1. The van der Waals surface area contributed by atoms with Crippen LogP contribution in [-0.2, 0) is 4.79 Å². The second-order valence-electron chi connectivity index (χ2n) is 4.96. The van der Waals surface area contributed by atoms with Gasteiger partial charge in [-0.2, -0.15) is 0 Å². The van der Waals surface area contributed by atoms with Crippen LogP contribution in [0.3, 0.4) is 0 Å². The molecule has 120 valence electrons. The van der Waals surface area contributed by atoms with Crippen molar-refractivity contribution in [3.05, 3.63) is 58.3 Å². The van der Waals surface area contributed by atoms with Crippen molar-refractivity contribution in [2.45, 2.75) is 20.0 Å². The maximum atomic E-state index is 13.7. The fourth-order valence-electron chi connectivity index (χ4n) is 1.85. The van der Waals surface area contributed by atoms with Gasteiger partial charge in [-0.1, -0.05) is 15.9 Å². The highest BCUT2D eigenvalue weighted by atomic mass is 79.9. The van der Waals surface area contributed by atoms with Crippen LogP contribution in [0.15, 0.2) is 46.9 Å². The Morgan fingerprint density at radius 3 is 2.39 bits per heavy atom. The number of carbonyl (C=O) groups is 2. The highest BCUT2D eigenvalue weighted by Crippen LogP contribution is 2.22. The van der Waals surface area contributed by atoms with E-state index in [4.69, 9.17) is 4.74 Å². The average molecular weight is 380 g/mol. The predicted octanol–water partition coefficient (Wildman–Crippen LogP) is 4.20. The van der Waals surface area contributed by atoms with Gasteiger partial charge >= 0.3 is 0 Å². The summed E-state index contributed by atoms with van der Waals surface area (Å²) in [7, 11) is 0. The molecule has 2 aromatic carbocycles. The molecule has 1 N–H and O–H groups in total. The number of carbonyl (C=O) groups excluding carboxylic acids is 2. The van der Waals surface area contributed by atoms with Crippen molar-refractivity contribution in [2.24, 2.45) is 0 Å². The van der Waals surface area contributed by atoms with Crippen molar-refractivity contribution >= 4 is 33.3 Å². The molecule has 0 saturated carbocycles. The molecular weight excluding hydrogens is 365 g/mol. The molecule has 0 heterocycles. The zero-order valence-electron chi connectivity index (χ0n) is 12.6. The van der Waals surface area contributed by atoms with Crippen molar-refractivity contribution < 1.29 is 18.7 Å². The summed E-state index contributed by atoms with van der Waals surface area (Å²) in [5, 5.41) is 2.65. The lowest BCUT2D eigenvalue weighted by atomic mass is 10.1. The molecule has 23 heavy (non-hydrogen) atoms. The molecule has 0 fully saturated rings. The van der Waals surface area contributed by atoms with Gasteiger partial charge in [0, 0.05) is 15.7 Å². The molecule has 0 aliphatic carbocycles.